The molecule has 0 aliphatic carbocycles. The van der Waals surface area contributed by atoms with Gasteiger partial charge in [0.05, 0.1) is 19.8 Å². The normalized spacial score (nSPS) is 14.2. The standard InChI is InChI=1S/C41H77O10P/c1-3-5-7-9-11-13-15-17-19-21-22-24-26-28-30-32-40(44)48-36-39(37-50-52(46,47)49-35-38(43)34-42)51-41(45)33-31-29-27-25-23-20-18-16-14-12-10-8-6-4-2/h9,11,16,18,38-39,42-43H,3-8,10,12-15,17,19-37H2,1-2H3,(H,46,47)/b11-9+,18-16+/t38-,39+/m0/s1. The van der Waals surface area contributed by atoms with Gasteiger partial charge in [-0.2, -0.15) is 0 Å². The quantitative estimate of drug-likeness (QED) is 0.0239. The maximum atomic E-state index is 12.6. The first-order valence-corrected chi connectivity index (χ1v) is 22.3. The molecular formula is C41H77O10P. The highest BCUT2D eigenvalue weighted by molar-refractivity contribution is 7.47. The van der Waals surface area contributed by atoms with Gasteiger partial charge >= 0.3 is 19.8 Å². The van der Waals surface area contributed by atoms with E-state index in [0.717, 1.165) is 57.8 Å². The summed E-state index contributed by atoms with van der Waals surface area (Å²) >= 11 is 0. The first-order valence-electron chi connectivity index (χ1n) is 20.8. The molecule has 0 aromatic rings. The van der Waals surface area contributed by atoms with Crippen molar-refractivity contribution in [3.05, 3.63) is 24.3 Å². The van der Waals surface area contributed by atoms with Gasteiger partial charge in [-0.3, -0.25) is 18.6 Å². The van der Waals surface area contributed by atoms with Gasteiger partial charge in [0.15, 0.2) is 6.10 Å². The van der Waals surface area contributed by atoms with Crippen molar-refractivity contribution >= 4 is 19.8 Å². The number of carbonyl (C=O) groups is 2. The van der Waals surface area contributed by atoms with Crippen LogP contribution in [-0.2, 0) is 32.7 Å². The van der Waals surface area contributed by atoms with Crippen molar-refractivity contribution < 1.29 is 47.8 Å². The number of phosphoric ester groups is 1. The van der Waals surface area contributed by atoms with E-state index in [9.17, 15) is 24.2 Å². The van der Waals surface area contributed by atoms with Crippen LogP contribution in [0.2, 0.25) is 0 Å². The predicted octanol–water partition coefficient (Wildman–Crippen LogP) is 10.6. The highest BCUT2D eigenvalue weighted by atomic mass is 31.2. The predicted molar refractivity (Wildman–Crippen MR) is 210 cm³/mol. The van der Waals surface area contributed by atoms with E-state index in [2.05, 4.69) is 42.7 Å². The van der Waals surface area contributed by atoms with Crippen LogP contribution >= 0.6 is 7.82 Å². The van der Waals surface area contributed by atoms with Crippen molar-refractivity contribution in [2.75, 3.05) is 26.4 Å². The molecule has 0 amide bonds. The maximum Gasteiger partial charge on any atom is 0.472 e. The van der Waals surface area contributed by atoms with Crippen molar-refractivity contribution in [1.82, 2.24) is 0 Å². The molecule has 3 N–H and O–H groups in total. The molecule has 0 aromatic carbocycles. The summed E-state index contributed by atoms with van der Waals surface area (Å²) < 4.78 is 32.6. The fourth-order valence-electron chi connectivity index (χ4n) is 5.56. The Hall–Kier alpha value is -1.55. The minimum Gasteiger partial charge on any atom is -0.462 e. The Morgan fingerprint density at radius 2 is 0.962 bits per heavy atom. The van der Waals surface area contributed by atoms with Crippen molar-refractivity contribution in [3.8, 4) is 0 Å². The van der Waals surface area contributed by atoms with Gasteiger partial charge in [-0.1, -0.05) is 141 Å². The summed E-state index contributed by atoms with van der Waals surface area (Å²) in [6, 6.07) is 0. The first-order chi connectivity index (χ1) is 25.2. The lowest BCUT2D eigenvalue weighted by Crippen LogP contribution is -2.29. The molecule has 0 heterocycles. The number of carbonyl (C=O) groups excluding carboxylic acids is 2. The third-order valence-corrected chi connectivity index (χ3v) is 9.78. The lowest BCUT2D eigenvalue weighted by molar-refractivity contribution is -0.161. The van der Waals surface area contributed by atoms with Gasteiger partial charge in [0, 0.05) is 12.8 Å². The fourth-order valence-corrected chi connectivity index (χ4v) is 6.35. The number of phosphoric acid groups is 1. The molecule has 3 atom stereocenters. The van der Waals surface area contributed by atoms with E-state index in [1.807, 2.05) is 0 Å². The number of ether oxygens (including phenoxy) is 2. The second kappa shape index (κ2) is 37.8. The molecule has 0 fully saturated rings. The zero-order chi connectivity index (χ0) is 38.4. The third-order valence-electron chi connectivity index (χ3n) is 8.83. The first kappa shape index (κ1) is 50.5. The van der Waals surface area contributed by atoms with Crippen LogP contribution in [0.15, 0.2) is 24.3 Å². The third kappa shape index (κ3) is 36.8. The Balaban J connectivity index is 4.32. The van der Waals surface area contributed by atoms with E-state index in [1.165, 1.54) is 89.9 Å². The average Bonchev–Trinajstić information content (AvgIpc) is 3.13. The number of hydrogen-bond donors (Lipinski definition) is 3. The van der Waals surface area contributed by atoms with Crippen molar-refractivity contribution in [1.29, 1.82) is 0 Å². The lowest BCUT2D eigenvalue weighted by atomic mass is 10.1. The summed E-state index contributed by atoms with van der Waals surface area (Å²) in [6.45, 7) is 2.33. The smallest absolute Gasteiger partial charge is 0.462 e. The van der Waals surface area contributed by atoms with Gasteiger partial charge in [-0.25, -0.2) is 4.57 Å². The molecule has 0 spiro atoms. The summed E-state index contributed by atoms with van der Waals surface area (Å²) in [4.78, 5) is 34.9. The van der Waals surface area contributed by atoms with Crippen LogP contribution in [0.4, 0.5) is 0 Å². The monoisotopic (exact) mass is 761 g/mol. The molecule has 52 heavy (non-hydrogen) atoms. The number of hydrogen-bond acceptors (Lipinski definition) is 9. The van der Waals surface area contributed by atoms with Crippen LogP contribution in [0.1, 0.15) is 187 Å². The average molecular weight is 761 g/mol. The van der Waals surface area contributed by atoms with Gasteiger partial charge in [-0.15, -0.1) is 0 Å². The zero-order valence-corrected chi connectivity index (χ0v) is 33.9. The molecular weight excluding hydrogens is 683 g/mol. The Morgan fingerprint density at radius 3 is 1.44 bits per heavy atom. The van der Waals surface area contributed by atoms with E-state index in [-0.39, 0.29) is 19.4 Å². The summed E-state index contributed by atoms with van der Waals surface area (Å²) in [7, 11) is -4.61. The SMILES string of the molecule is CCCC/C=C/CCCCCCCCCCCC(=O)OC[C@H](COP(=O)(O)OC[C@@H](O)CO)OC(=O)CCCCCCC/C=C/CCCCCCC. The van der Waals surface area contributed by atoms with E-state index in [0.29, 0.717) is 12.8 Å². The molecule has 0 saturated carbocycles. The van der Waals surface area contributed by atoms with E-state index in [4.69, 9.17) is 19.1 Å². The second-order valence-corrected chi connectivity index (χ2v) is 15.5. The number of esters is 2. The fraction of sp³-hybridized carbons (Fsp3) is 0.854. The van der Waals surface area contributed by atoms with Crippen LogP contribution in [-0.4, -0.2) is 65.7 Å². The van der Waals surface area contributed by atoms with Crippen LogP contribution in [0, 0.1) is 0 Å². The molecule has 0 rings (SSSR count). The highest BCUT2D eigenvalue weighted by Crippen LogP contribution is 2.43. The molecule has 0 aliphatic rings. The lowest BCUT2D eigenvalue weighted by Gasteiger charge is -2.20. The molecule has 0 bridgehead atoms. The largest absolute Gasteiger partial charge is 0.472 e. The number of allylic oxidation sites excluding steroid dienone is 4. The van der Waals surface area contributed by atoms with Crippen LogP contribution in [0.3, 0.4) is 0 Å². The molecule has 10 nitrogen and oxygen atoms in total. The zero-order valence-electron chi connectivity index (χ0n) is 33.0. The van der Waals surface area contributed by atoms with Gasteiger partial charge in [0.25, 0.3) is 0 Å². The highest BCUT2D eigenvalue weighted by Gasteiger charge is 2.27. The van der Waals surface area contributed by atoms with Gasteiger partial charge < -0.3 is 24.6 Å². The van der Waals surface area contributed by atoms with Crippen molar-refractivity contribution in [2.45, 2.75) is 199 Å². The maximum absolute atomic E-state index is 12.6. The summed E-state index contributed by atoms with van der Waals surface area (Å²) in [5, 5.41) is 18.3. The van der Waals surface area contributed by atoms with Crippen molar-refractivity contribution in [2.24, 2.45) is 0 Å². The number of unbranched alkanes of at least 4 members (excludes halogenated alkanes) is 21. The Bertz CT molecular complexity index is 925. The van der Waals surface area contributed by atoms with Crippen molar-refractivity contribution in [3.63, 3.8) is 0 Å². The molecule has 1 unspecified atom stereocenters. The van der Waals surface area contributed by atoms with Gasteiger partial charge in [-0.05, 0) is 57.8 Å². The Morgan fingerprint density at radius 1 is 0.558 bits per heavy atom. The molecule has 0 radical (unpaired) electrons. The molecule has 306 valence electrons. The van der Waals surface area contributed by atoms with Crippen LogP contribution in [0.25, 0.3) is 0 Å². The van der Waals surface area contributed by atoms with E-state index < -0.39 is 51.8 Å². The minimum absolute atomic E-state index is 0.175. The number of rotatable bonds is 39. The molecule has 0 aliphatic heterocycles. The summed E-state index contributed by atoms with van der Waals surface area (Å²) in [5.41, 5.74) is 0. The van der Waals surface area contributed by atoms with E-state index >= 15 is 0 Å². The topological polar surface area (TPSA) is 149 Å². The Labute approximate surface area is 317 Å². The van der Waals surface area contributed by atoms with Crippen LogP contribution in [0.5, 0.6) is 0 Å². The minimum atomic E-state index is -4.61. The van der Waals surface area contributed by atoms with Crippen LogP contribution < -0.4 is 0 Å². The number of aliphatic hydroxyl groups is 2. The molecule has 11 heteroatoms. The number of aliphatic hydroxyl groups excluding tert-OH is 2. The molecule has 0 aromatic heterocycles. The van der Waals surface area contributed by atoms with E-state index in [1.54, 1.807) is 0 Å². The molecule has 0 saturated heterocycles. The summed E-state index contributed by atoms with van der Waals surface area (Å²) in [5.74, 6) is -0.934. The Kier molecular flexibility index (Phi) is 36.6. The van der Waals surface area contributed by atoms with Gasteiger partial charge in [0.1, 0.15) is 12.7 Å². The second-order valence-electron chi connectivity index (χ2n) is 14.0. The van der Waals surface area contributed by atoms with Gasteiger partial charge in [0.2, 0.25) is 0 Å². The summed E-state index contributed by atoms with van der Waals surface area (Å²) in [6.07, 6.45) is 35.7.